The molecule has 6 heteroatoms. The number of nitro groups is 1. The maximum absolute atomic E-state index is 10.7. The first-order valence-electron chi connectivity index (χ1n) is 4.79. The van der Waals surface area contributed by atoms with Gasteiger partial charge in [-0.05, 0) is 18.4 Å². The Morgan fingerprint density at radius 1 is 1.38 bits per heavy atom. The van der Waals surface area contributed by atoms with Crippen LogP contribution in [0.5, 0.6) is 0 Å². The quantitative estimate of drug-likeness (QED) is 0.553. The fourth-order valence-electron chi connectivity index (χ4n) is 1.25. The molecule has 0 aliphatic carbocycles. The highest BCUT2D eigenvalue weighted by molar-refractivity contribution is 5.79. The number of hydrogen-bond donors (Lipinski definition) is 2. The van der Waals surface area contributed by atoms with Crippen LogP contribution in [-0.4, -0.2) is 16.9 Å². The van der Waals surface area contributed by atoms with Crippen molar-refractivity contribution in [3.05, 3.63) is 39.9 Å². The summed E-state index contributed by atoms with van der Waals surface area (Å²) in [5.41, 5.74) is 11.4. The standard InChI is InChI=1S/C10H13N3O3/c11-9(10(12)14)6-3-7-1-4-8(5-2-7)13(15)16/h1-2,4-5,9H,3,6,11H2,(H2,12,14). The Hall–Kier alpha value is -1.95. The van der Waals surface area contributed by atoms with E-state index in [2.05, 4.69) is 0 Å². The van der Waals surface area contributed by atoms with Crippen molar-refractivity contribution < 1.29 is 9.72 Å². The highest BCUT2D eigenvalue weighted by Gasteiger charge is 2.09. The molecule has 1 aromatic rings. The number of primary amides is 1. The van der Waals surface area contributed by atoms with Gasteiger partial charge in [-0.25, -0.2) is 0 Å². The van der Waals surface area contributed by atoms with Crippen LogP contribution in [-0.2, 0) is 11.2 Å². The van der Waals surface area contributed by atoms with Crippen LogP contribution in [0, 0.1) is 10.1 Å². The molecular formula is C10H13N3O3. The summed E-state index contributed by atoms with van der Waals surface area (Å²) in [5.74, 6) is -0.540. The smallest absolute Gasteiger partial charge is 0.269 e. The molecule has 0 spiro atoms. The van der Waals surface area contributed by atoms with Crippen molar-refractivity contribution in [2.24, 2.45) is 11.5 Å². The van der Waals surface area contributed by atoms with Crippen molar-refractivity contribution >= 4 is 11.6 Å². The van der Waals surface area contributed by atoms with E-state index in [4.69, 9.17) is 11.5 Å². The monoisotopic (exact) mass is 223 g/mol. The molecule has 0 bridgehead atoms. The van der Waals surface area contributed by atoms with Gasteiger partial charge in [0, 0.05) is 12.1 Å². The Kier molecular flexibility index (Phi) is 3.96. The third-order valence-corrected chi connectivity index (χ3v) is 2.26. The molecule has 4 N–H and O–H groups in total. The number of carbonyl (C=O) groups is 1. The van der Waals surface area contributed by atoms with Crippen LogP contribution >= 0.6 is 0 Å². The fourth-order valence-corrected chi connectivity index (χ4v) is 1.25. The van der Waals surface area contributed by atoms with E-state index >= 15 is 0 Å². The molecule has 1 amide bonds. The van der Waals surface area contributed by atoms with Crippen molar-refractivity contribution in [1.82, 2.24) is 0 Å². The van der Waals surface area contributed by atoms with Crippen LogP contribution in [0.1, 0.15) is 12.0 Å². The van der Waals surface area contributed by atoms with Crippen molar-refractivity contribution in [3.8, 4) is 0 Å². The van der Waals surface area contributed by atoms with Crippen molar-refractivity contribution in [1.29, 1.82) is 0 Å². The summed E-state index contributed by atoms with van der Waals surface area (Å²) in [5, 5.41) is 10.4. The number of rotatable bonds is 5. The van der Waals surface area contributed by atoms with Crippen molar-refractivity contribution in [2.75, 3.05) is 0 Å². The second kappa shape index (κ2) is 5.22. The predicted octanol–water partition coefficient (Wildman–Crippen LogP) is 0.340. The lowest BCUT2D eigenvalue weighted by Gasteiger charge is -2.06. The summed E-state index contributed by atoms with van der Waals surface area (Å²) >= 11 is 0. The summed E-state index contributed by atoms with van der Waals surface area (Å²) in [4.78, 5) is 20.6. The molecular weight excluding hydrogens is 210 g/mol. The van der Waals surface area contributed by atoms with E-state index in [1.165, 1.54) is 12.1 Å². The zero-order valence-electron chi connectivity index (χ0n) is 8.63. The van der Waals surface area contributed by atoms with E-state index < -0.39 is 16.9 Å². The molecule has 16 heavy (non-hydrogen) atoms. The van der Waals surface area contributed by atoms with Gasteiger partial charge < -0.3 is 11.5 Å². The Bertz CT molecular complexity index is 389. The lowest BCUT2D eigenvalue weighted by atomic mass is 10.1. The number of amides is 1. The Morgan fingerprint density at radius 2 is 1.94 bits per heavy atom. The molecule has 0 fully saturated rings. The third-order valence-electron chi connectivity index (χ3n) is 2.26. The van der Waals surface area contributed by atoms with Gasteiger partial charge in [0.2, 0.25) is 5.91 Å². The lowest BCUT2D eigenvalue weighted by Crippen LogP contribution is -2.36. The van der Waals surface area contributed by atoms with E-state index in [1.54, 1.807) is 12.1 Å². The molecule has 0 heterocycles. The Balaban J connectivity index is 2.56. The molecule has 0 aliphatic rings. The number of benzene rings is 1. The van der Waals surface area contributed by atoms with Crippen molar-refractivity contribution in [2.45, 2.75) is 18.9 Å². The number of carbonyl (C=O) groups excluding carboxylic acids is 1. The van der Waals surface area contributed by atoms with E-state index in [9.17, 15) is 14.9 Å². The minimum Gasteiger partial charge on any atom is -0.368 e. The topological polar surface area (TPSA) is 112 Å². The first-order valence-corrected chi connectivity index (χ1v) is 4.79. The Labute approximate surface area is 92.4 Å². The van der Waals surface area contributed by atoms with Crippen LogP contribution in [0.25, 0.3) is 0 Å². The molecule has 1 rings (SSSR count). The summed E-state index contributed by atoms with van der Waals surface area (Å²) in [7, 11) is 0. The molecule has 1 unspecified atom stereocenters. The van der Waals surface area contributed by atoms with Gasteiger partial charge in [0.05, 0.1) is 11.0 Å². The average molecular weight is 223 g/mol. The lowest BCUT2D eigenvalue weighted by molar-refractivity contribution is -0.384. The van der Waals surface area contributed by atoms with Crippen LogP contribution in [0.3, 0.4) is 0 Å². The van der Waals surface area contributed by atoms with Gasteiger partial charge in [-0.2, -0.15) is 0 Å². The first kappa shape index (κ1) is 12.1. The molecule has 0 aromatic heterocycles. The largest absolute Gasteiger partial charge is 0.368 e. The molecule has 1 aromatic carbocycles. The zero-order valence-corrected chi connectivity index (χ0v) is 8.63. The maximum atomic E-state index is 10.7. The van der Waals surface area contributed by atoms with Crippen molar-refractivity contribution in [3.63, 3.8) is 0 Å². The molecule has 86 valence electrons. The summed E-state index contributed by atoms with van der Waals surface area (Å²) in [6, 6.07) is 5.46. The first-order chi connectivity index (χ1) is 7.50. The van der Waals surface area contributed by atoms with E-state index in [0.29, 0.717) is 12.8 Å². The summed E-state index contributed by atoms with van der Waals surface area (Å²) in [6.45, 7) is 0. The molecule has 0 radical (unpaired) electrons. The predicted molar refractivity (Wildman–Crippen MR) is 58.6 cm³/mol. The van der Waals surface area contributed by atoms with Gasteiger partial charge in [-0.3, -0.25) is 14.9 Å². The number of hydrogen-bond acceptors (Lipinski definition) is 4. The second-order valence-electron chi connectivity index (χ2n) is 3.47. The highest BCUT2D eigenvalue weighted by atomic mass is 16.6. The fraction of sp³-hybridized carbons (Fsp3) is 0.300. The highest BCUT2D eigenvalue weighted by Crippen LogP contribution is 2.13. The summed E-state index contributed by atoms with van der Waals surface area (Å²) < 4.78 is 0. The minimum absolute atomic E-state index is 0.0444. The van der Waals surface area contributed by atoms with Gasteiger partial charge in [0.15, 0.2) is 0 Å². The number of nitro benzene ring substituents is 1. The summed E-state index contributed by atoms with van der Waals surface area (Å²) in [6.07, 6.45) is 1.01. The van der Waals surface area contributed by atoms with Crippen LogP contribution in [0.15, 0.2) is 24.3 Å². The SMILES string of the molecule is NC(=O)C(N)CCc1ccc([N+](=O)[O-])cc1. The van der Waals surface area contributed by atoms with Gasteiger partial charge >= 0.3 is 0 Å². The Morgan fingerprint density at radius 3 is 2.38 bits per heavy atom. The minimum atomic E-state index is -0.671. The maximum Gasteiger partial charge on any atom is 0.269 e. The zero-order chi connectivity index (χ0) is 12.1. The third kappa shape index (κ3) is 3.32. The molecule has 0 saturated carbocycles. The van der Waals surface area contributed by atoms with Gasteiger partial charge in [-0.15, -0.1) is 0 Å². The van der Waals surface area contributed by atoms with Gasteiger partial charge in [-0.1, -0.05) is 12.1 Å². The van der Waals surface area contributed by atoms with E-state index in [-0.39, 0.29) is 5.69 Å². The molecule has 0 saturated heterocycles. The normalized spacial score (nSPS) is 12.1. The second-order valence-corrected chi connectivity index (χ2v) is 3.47. The number of non-ortho nitro benzene ring substituents is 1. The average Bonchev–Trinajstić information content (AvgIpc) is 2.26. The number of nitrogens with zero attached hydrogens (tertiary/aromatic N) is 1. The van der Waals surface area contributed by atoms with Crippen LogP contribution < -0.4 is 11.5 Å². The molecule has 6 nitrogen and oxygen atoms in total. The molecule has 1 atom stereocenters. The van der Waals surface area contributed by atoms with Crippen LogP contribution in [0.4, 0.5) is 5.69 Å². The molecule has 0 aliphatic heterocycles. The van der Waals surface area contributed by atoms with E-state index in [0.717, 1.165) is 5.56 Å². The number of nitrogens with two attached hydrogens (primary N) is 2. The van der Waals surface area contributed by atoms with E-state index in [1.807, 2.05) is 0 Å². The van der Waals surface area contributed by atoms with Gasteiger partial charge in [0.25, 0.3) is 5.69 Å². The van der Waals surface area contributed by atoms with Gasteiger partial charge in [0.1, 0.15) is 0 Å². The van der Waals surface area contributed by atoms with Crippen LogP contribution in [0.2, 0.25) is 0 Å². The number of aryl methyl sites for hydroxylation is 1.